The smallest absolute Gasteiger partial charge is 0.220 e. The summed E-state index contributed by atoms with van der Waals surface area (Å²) in [6.07, 6.45) is 2.81. The van der Waals surface area contributed by atoms with E-state index in [4.69, 9.17) is 0 Å². The molecule has 0 spiro atoms. The van der Waals surface area contributed by atoms with Gasteiger partial charge in [0.25, 0.3) is 0 Å². The van der Waals surface area contributed by atoms with Gasteiger partial charge in [-0.25, -0.2) is 0 Å². The van der Waals surface area contributed by atoms with E-state index in [1.165, 1.54) is 11.1 Å². The third-order valence-electron chi connectivity index (χ3n) is 4.37. The molecule has 0 radical (unpaired) electrons. The van der Waals surface area contributed by atoms with E-state index < -0.39 is 0 Å². The minimum Gasteiger partial charge on any atom is -0.349 e. The van der Waals surface area contributed by atoms with Crippen molar-refractivity contribution in [2.75, 3.05) is 13.1 Å². The number of hydrogen-bond donors (Lipinski definition) is 2. The Morgan fingerprint density at radius 3 is 2.57 bits per heavy atom. The zero-order valence-corrected chi connectivity index (χ0v) is 13.5. The zero-order valence-electron chi connectivity index (χ0n) is 13.5. The number of rotatable bonds is 6. The first kappa shape index (κ1) is 16.0. The third kappa shape index (κ3) is 4.57. The lowest BCUT2D eigenvalue weighted by Crippen LogP contribution is -2.33. The molecule has 0 saturated carbocycles. The topological polar surface area (TPSA) is 41.1 Å². The normalized spacial score (nSPS) is 19.7. The van der Waals surface area contributed by atoms with Gasteiger partial charge in [-0.2, -0.15) is 0 Å². The van der Waals surface area contributed by atoms with Crippen molar-refractivity contribution in [3.05, 3.63) is 35.4 Å². The van der Waals surface area contributed by atoms with Crippen LogP contribution in [0.1, 0.15) is 50.8 Å². The number of aryl methyl sites for hydroxylation is 1. The molecule has 116 valence electrons. The molecule has 1 aliphatic rings. The standard InChI is InChI=1S/C18H28N2O/c1-4-14-5-7-16(8-6-14)18(13(2)3)20-17(21)11-15-9-10-19-12-15/h5-8,13,15,18-19H,4,9-12H2,1-3H3,(H,20,21). The Morgan fingerprint density at radius 2 is 2.05 bits per heavy atom. The highest BCUT2D eigenvalue weighted by molar-refractivity contribution is 5.76. The Balaban J connectivity index is 1.98. The van der Waals surface area contributed by atoms with Gasteiger partial charge in [0.05, 0.1) is 6.04 Å². The van der Waals surface area contributed by atoms with E-state index in [2.05, 4.69) is 55.7 Å². The molecule has 0 bridgehead atoms. The number of nitrogens with one attached hydrogen (secondary N) is 2. The van der Waals surface area contributed by atoms with E-state index in [0.717, 1.165) is 25.9 Å². The van der Waals surface area contributed by atoms with Crippen LogP contribution in [0.25, 0.3) is 0 Å². The van der Waals surface area contributed by atoms with Crippen molar-refractivity contribution in [1.29, 1.82) is 0 Å². The molecule has 2 atom stereocenters. The van der Waals surface area contributed by atoms with Crippen molar-refractivity contribution >= 4 is 5.91 Å². The summed E-state index contributed by atoms with van der Waals surface area (Å²) in [5.74, 6) is 1.07. The maximum absolute atomic E-state index is 12.3. The van der Waals surface area contributed by atoms with E-state index in [0.29, 0.717) is 18.3 Å². The highest BCUT2D eigenvalue weighted by Gasteiger charge is 2.22. The molecule has 21 heavy (non-hydrogen) atoms. The van der Waals surface area contributed by atoms with Crippen LogP contribution in [0.2, 0.25) is 0 Å². The highest BCUT2D eigenvalue weighted by atomic mass is 16.1. The predicted octanol–water partition coefficient (Wildman–Crippen LogP) is 3.06. The second kappa shape index (κ2) is 7.60. The van der Waals surface area contributed by atoms with Crippen LogP contribution >= 0.6 is 0 Å². The fraction of sp³-hybridized carbons (Fsp3) is 0.611. The first-order valence-electron chi connectivity index (χ1n) is 8.19. The molecule has 2 N–H and O–H groups in total. The maximum atomic E-state index is 12.3. The fourth-order valence-corrected chi connectivity index (χ4v) is 2.98. The van der Waals surface area contributed by atoms with Crippen LogP contribution in [0, 0.1) is 11.8 Å². The van der Waals surface area contributed by atoms with Gasteiger partial charge < -0.3 is 10.6 Å². The molecule has 1 aromatic carbocycles. The van der Waals surface area contributed by atoms with E-state index in [1.54, 1.807) is 0 Å². The van der Waals surface area contributed by atoms with Crippen LogP contribution in [0.3, 0.4) is 0 Å². The van der Waals surface area contributed by atoms with Crippen LogP contribution in [-0.2, 0) is 11.2 Å². The van der Waals surface area contributed by atoms with E-state index in [-0.39, 0.29) is 11.9 Å². The molecule has 3 nitrogen and oxygen atoms in total. The molecule has 0 aromatic heterocycles. The average molecular weight is 288 g/mol. The molecule has 2 unspecified atom stereocenters. The van der Waals surface area contributed by atoms with E-state index in [1.807, 2.05) is 0 Å². The van der Waals surface area contributed by atoms with Gasteiger partial charge in [0.1, 0.15) is 0 Å². The summed E-state index contributed by atoms with van der Waals surface area (Å²) >= 11 is 0. The summed E-state index contributed by atoms with van der Waals surface area (Å²) in [4.78, 5) is 12.3. The van der Waals surface area contributed by atoms with Crippen molar-refractivity contribution in [3.8, 4) is 0 Å². The molecule has 1 heterocycles. The lowest BCUT2D eigenvalue weighted by molar-refractivity contribution is -0.123. The fourth-order valence-electron chi connectivity index (χ4n) is 2.98. The molecule has 1 amide bonds. The Hall–Kier alpha value is -1.35. The molecule has 2 rings (SSSR count). The Labute approximate surface area is 128 Å². The summed E-state index contributed by atoms with van der Waals surface area (Å²) in [5.41, 5.74) is 2.55. The predicted molar refractivity (Wildman–Crippen MR) is 87.1 cm³/mol. The SMILES string of the molecule is CCc1ccc(C(NC(=O)CC2CCNC2)C(C)C)cc1. The van der Waals surface area contributed by atoms with Crippen LogP contribution in [0.15, 0.2) is 24.3 Å². The van der Waals surface area contributed by atoms with Crippen molar-refractivity contribution < 1.29 is 4.79 Å². The van der Waals surface area contributed by atoms with Crippen molar-refractivity contribution in [2.24, 2.45) is 11.8 Å². The largest absolute Gasteiger partial charge is 0.349 e. The number of hydrogen-bond acceptors (Lipinski definition) is 2. The lowest BCUT2D eigenvalue weighted by Gasteiger charge is -2.24. The van der Waals surface area contributed by atoms with Crippen molar-refractivity contribution in [1.82, 2.24) is 10.6 Å². The summed E-state index contributed by atoms with van der Waals surface area (Å²) in [7, 11) is 0. The average Bonchev–Trinajstić information content (AvgIpc) is 2.97. The minimum atomic E-state index is 0.109. The highest BCUT2D eigenvalue weighted by Crippen LogP contribution is 2.23. The lowest BCUT2D eigenvalue weighted by atomic mass is 9.94. The van der Waals surface area contributed by atoms with Gasteiger partial charge in [-0.3, -0.25) is 4.79 Å². The van der Waals surface area contributed by atoms with Crippen LogP contribution < -0.4 is 10.6 Å². The maximum Gasteiger partial charge on any atom is 0.220 e. The number of carbonyl (C=O) groups excluding carboxylic acids is 1. The van der Waals surface area contributed by atoms with E-state index >= 15 is 0 Å². The number of amides is 1. The van der Waals surface area contributed by atoms with Gasteiger partial charge in [0.15, 0.2) is 0 Å². The number of benzene rings is 1. The molecular formula is C18H28N2O. The summed E-state index contributed by atoms with van der Waals surface area (Å²) < 4.78 is 0. The first-order valence-corrected chi connectivity index (χ1v) is 8.19. The Morgan fingerprint density at radius 1 is 1.33 bits per heavy atom. The van der Waals surface area contributed by atoms with Gasteiger partial charge in [0.2, 0.25) is 5.91 Å². The minimum absolute atomic E-state index is 0.109. The van der Waals surface area contributed by atoms with Gasteiger partial charge in [0, 0.05) is 6.42 Å². The van der Waals surface area contributed by atoms with Gasteiger partial charge in [-0.15, -0.1) is 0 Å². The summed E-state index contributed by atoms with van der Waals surface area (Å²) in [6.45, 7) is 8.51. The van der Waals surface area contributed by atoms with Gasteiger partial charge in [-0.1, -0.05) is 45.0 Å². The third-order valence-corrected chi connectivity index (χ3v) is 4.37. The van der Waals surface area contributed by atoms with Crippen molar-refractivity contribution in [2.45, 2.75) is 46.1 Å². The van der Waals surface area contributed by atoms with E-state index in [9.17, 15) is 4.79 Å². The first-order chi connectivity index (χ1) is 10.1. The quantitative estimate of drug-likeness (QED) is 0.844. The second-order valence-electron chi connectivity index (χ2n) is 6.45. The molecule has 1 aromatic rings. The Kier molecular flexibility index (Phi) is 5.80. The molecule has 1 fully saturated rings. The molecule has 1 saturated heterocycles. The molecular weight excluding hydrogens is 260 g/mol. The number of carbonyl (C=O) groups is 1. The second-order valence-corrected chi connectivity index (χ2v) is 6.45. The van der Waals surface area contributed by atoms with Crippen molar-refractivity contribution in [3.63, 3.8) is 0 Å². The summed E-state index contributed by atoms with van der Waals surface area (Å²) in [6, 6.07) is 8.75. The monoisotopic (exact) mass is 288 g/mol. The Bertz CT molecular complexity index is 447. The molecule has 3 heteroatoms. The van der Waals surface area contributed by atoms with Gasteiger partial charge >= 0.3 is 0 Å². The zero-order chi connectivity index (χ0) is 15.2. The van der Waals surface area contributed by atoms with Crippen LogP contribution in [-0.4, -0.2) is 19.0 Å². The van der Waals surface area contributed by atoms with Crippen LogP contribution in [0.5, 0.6) is 0 Å². The molecule has 1 aliphatic heterocycles. The summed E-state index contributed by atoms with van der Waals surface area (Å²) in [5, 5.41) is 6.55. The van der Waals surface area contributed by atoms with Crippen LogP contribution in [0.4, 0.5) is 0 Å². The van der Waals surface area contributed by atoms with Gasteiger partial charge in [-0.05, 0) is 48.9 Å². The molecule has 0 aliphatic carbocycles.